The van der Waals surface area contributed by atoms with Gasteiger partial charge in [0.05, 0.1) is 29.4 Å². The number of hydrogen-bond acceptors (Lipinski definition) is 7. The van der Waals surface area contributed by atoms with Crippen LogP contribution >= 0.6 is 0 Å². The van der Waals surface area contributed by atoms with Crippen molar-refractivity contribution in [3.05, 3.63) is 99.6 Å². The van der Waals surface area contributed by atoms with Gasteiger partial charge in [-0.25, -0.2) is 4.79 Å². The Morgan fingerprint density at radius 2 is 1.85 bits per heavy atom. The van der Waals surface area contributed by atoms with Gasteiger partial charge in [0.1, 0.15) is 17.4 Å². The summed E-state index contributed by atoms with van der Waals surface area (Å²) in [6, 6.07) is 21.1. The molecule has 0 radical (unpaired) electrons. The Morgan fingerprint density at radius 3 is 2.52 bits per heavy atom. The molecule has 1 atom stereocenters. The second-order valence-corrected chi connectivity index (χ2v) is 10.6. The van der Waals surface area contributed by atoms with E-state index < -0.39 is 22.5 Å². The van der Waals surface area contributed by atoms with E-state index in [9.17, 15) is 19.7 Å². The number of nitrogens with one attached hydrogen (secondary N) is 1. The first-order valence-electron chi connectivity index (χ1n) is 12.9. The van der Waals surface area contributed by atoms with Crippen LogP contribution in [0.3, 0.4) is 0 Å². The van der Waals surface area contributed by atoms with Crippen LogP contribution in [-0.2, 0) is 16.0 Å². The van der Waals surface area contributed by atoms with E-state index in [1.54, 1.807) is 11.0 Å². The highest BCUT2D eigenvalue weighted by Gasteiger charge is 2.36. The van der Waals surface area contributed by atoms with Crippen molar-refractivity contribution in [1.82, 2.24) is 4.90 Å². The molecule has 10 nitrogen and oxygen atoms in total. The fourth-order valence-electron chi connectivity index (χ4n) is 4.71. The van der Waals surface area contributed by atoms with E-state index in [1.165, 1.54) is 12.1 Å². The molecule has 1 N–H and O–H groups in total. The number of aliphatic imine (C=N–C) groups is 2. The molecule has 0 bridgehead atoms. The minimum atomic E-state index is -0.813. The fourth-order valence-corrected chi connectivity index (χ4v) is 4.71. The summed E-state index contributed by atoms with van der Waals surface area (Å²) in [7, 11) is 0. The van der Waals surface area contributed by atoms with Crippen LogP contribution in [0.2, 0.25) is 0 Å². The van der Waals surface area contributed by atoms with Gasteiger partial charge in [0.25, 0.3) is 5.69 Å². The number of carbonyl (C=O) groups excluding carboxylic acids is 2. The van der Waals surface area contributed by atoms with Gasteiger partial charge >= 0.3 is 6.09 Å². The van der Waals surface area contributed by atoms with Gasteiger partial charge in [-0.05, 0) is 50.1 Å². The van der Waals surface area contributed by atoms with Crippen LogP contribution < -0.4 is 5.32 Å². The number of non-ortho nitro benzene ring substituents is 1. The van der Waals surface area contributed by atoms with E-state index in [0.717, 1.165) is 11.1 Å². The number of amidine groups is 1. The number of fused-ring (bicyclic) bond motifs is 1. The number of carbonyl (C=O) groups is 2. The molecule has 2 amide bonds. The lowest BCUT2D eigenvalue weighted by Crippen LogP contribution is -2.39. The fraction of sp³-hybridized carbons (Fsp3) is 0.267. The molecule has 5 rings (SSSR count). The molecule has 1 unspecified atom stereocenters. The number of anilines is 1. The minimum absolute atomic E-state index is 0.0905. The van der Waals surface area contributed by atoms with Crippen molar-refractivity contribution >= 4 is 40.6 Å². The third-order valence-electron chi connectivity index (χ3n) is 6.51. The molecule has 0 saturated carbocycles. The first-order valence-corrected chi connectivity index (χ1v) is 12.9. The maximum Gasteiger partial charge on any atom is 0.415 e. The summed E-state index contributed by atoms with van der Waals surface area (Å²) in [5.41, 5.74) is 3.14. The molecule has 2 aliphatic rings. The Hall–Kier alpha value is -4.86. The highest BCUT2D eigenvalue weighted by atomic mass is 16.6. The number of nitro benzene ring substituents is 1. The number of hydrogen-bond donors (Lipinski definition) is 1. The maximum absolute atomic E-state index is 13.1. The van der Waals surface area contributed by atoms with Crippen molar-refractivity contribution in [2.24, 2.45) is 9.98 Å². The molecule has 0 saturated heterocycles. The van der Waals surface area contributed by atoms with Crippen LogP contribution in [-0.4, -0.2) is 52.1 Å². The lowest BCUT2D eigenvalue weighted by molar-refractivity contribution is -0.384. The molecule has 40 heavy (non-hydrogen) atoms. The molecule has 3 aromatic rings. The van der Waals surface area contributed by atoms with E-state index in [0.29, 0.717) is 48.0 Å². The SMILES string of the molecule is CC(C)(C)OC(=O)N1CCN=C1Cc1ccc(N=C(c2ccccc2)C2C(=O)Nc3ccc([N+](=O)[O-])cc32)cc1. The summed E-state index contributed by atoms with van der Waals surface area (Å²) in [5.74, 6) is -0.459. The highest BCUT2D eigenvalue weighted by molar-refractivity contribution is 6.24. The van der Waals surface area contributed by atoms with Crippen molar-refractivity contribution in [3.63, 3.8) is 0 Å². The molecule has 0 aliphatic carbocycles. The number of nitrogens with zero attached hydrogens (tertiary/aromatic N) is 4. The number of nitro groups is 1. The largest absolute Gasteiger partial charge is 0.443 e. The highest BCUT2D eigenvalue weighted by Crippen LogP contribution is 2.38. The van der Waals surface area contributed by atoms with Gasteiger partial charge in [-0.1, -0.05) is 42.5 Å². The summed E-state index contributed by atoms with van der Waals surface area (Å²) in [4.78, 5) is 47.6. The minimum Gasteiger partial charge on any atom is -0.443 e. The quantitative estimate of drug-likeness (QED) is 0.246. The van der Waals surface area contributed by atoms with E-state index in [2.05, 4.69) is 10.3 Å². The molecule has 10 heteroatoms. The third-order valence-corrected chi connectivity index (χ3v) is 6.51. The molecule has 2 aliphatic heterocycles. The normalized spacial score (nSPS) is 16.8. The van der Waals surface area contributed by atoms with Crippen LogP contribution in [0.25, 0.3) is 0 Å². The zero-order valence-corrected chi connectivity index (χ0v) is 22.5. The molecule has 204 valence electrons. The smallest absolute Gasteiger partial charge is 0.415 e. The summed E-state index contributed by atoms with van der Waals surface area (Å²) in [6.07, 6.45) is 0.0458. The number of ether oxygens (including phenoxy) is 1. The van der Waals surface area contributed by atoms with Gasteiger partial charge in [0.2, 0.25) is 5.91 Å². The lowest BCUT2D eigenvalue weighted by atomic mass is 9.90. The third kappa shape index (κ3) is 5.75. The van der Waals surface area contributed by atoms with Crippen LogP contribution in [0.1, 0.15) is 43.4 Å². The van der Waals surface area contributed by atoms with Gasteiger partial charge < -0.3 is 10.1 Å². The van der Waals surface area contributed by atoms with Crippen LogP contribution in [0.4, 0.5) is 21.9 Å². The summed E-state index contributed by atoms with van der Waals surface area (Å²) in [5, 5.41) is 14.3. The molecule has 3 aromatic carbocycles. The predicted molar refractivity (Wildman–Crippen MR) is 152 cm³/mol. The van der Waals surface area contributed by atoms with Crippen LogP contribution in [0, 0.1) is 10.1 Å². The Balaban J connectivity index is 1.43. The second-order valence-electron chi connectivity index (χ2n) is 10.6. The summed E-state index contributed by atoms with van der Waals surface area (Å²) in [6.45, 7) is 6.50. The van der Waals surface area contributed by atoms with Crippen LogP contribution in [0.5, 0.6) is 0 Å². The van der Waals surface area contributed by atoms with Gasteiger partial charge in [-0.15, -0.1) is 0 Å². The van der Waals surface area contributed by atoms with E-state index in [1.807, 2.05) is 75.4 Å². The Bertz CT molecular complexity index is 1520. The van der Waals surface area contributed by atoms with E-state index in [-0.39, 0.29) is 11.6 Å². The Kier molecular flexibility index (Phi) is 7.17. The van der Waals surface area contributed by atoms with Crippen molar-refractivity contribution in [3.8, 4) is 0 Å². The Morgan fingerprint density at radius 1 is 1.12 bits per heavy atom. The number of rotatable bonds is 6. The average Bonchev–Trinajstić information content (AvgIpc) is 3.51. The molecule has 0 aromatic heterocycles. The van der Waals surface area contributed by atoms with Gasteiger partial charge in [0, 0.05) is 29.8 Å². The van der Waals surface area contributed by atoms with Crippen molar-refractivity contribution in [2.75, 3.05) is 18.4 Å². The van der Waals surface area contributed by atoms with Gasteiger partial charge in [0.15, 0.2) is 0 Å². The molecule has 2 heterocycles. The van der Waals surface area contributed by atoms with Crippen molar-refractivity contribution < 1.29 is 19.2 Å². The zero-order valence-electron chi connectivity index (χ0n) is 22.5. The summed E-state index contributed by atoms with van der Waals surface area (Å²) < 4.78 is 5.52. The maximum atomic E-state index is 13.1. The topological polar surface area (TPSA) is 126 Å². The van der Waals surface area contributed by atoms with Crippen LogP contribution in [0.15, 0.2) is 82.8 Å². The molecule has 0 spiro atoms. The van der Waals surface area contributed by atoms with Crippen molar-refractivity contribution in [1.29, 1.82) is 0 Å². The lowest BCUT2D eigenvalue weighted by Gasteiger charge is -2.25. The number of amides is 2. The Labute approximate surface area is 231 Å². The second kappa shape index (κ2) is 10.7. The van der Waals surface area contributed by atoms with E-state index >= 15 is 0 Å². The monoisotopic (exact) mass is 539 g/mol. The van der Waals surface area contributed by atoms with E-state index in [4.69, 9.17) is 9.73 Å². The van der Waals surface area contributed by atoms with Gasteiger partial charge in [-0.2, -0.15) is 0 Å². The first-order chi connectivity index (χ1) is 19.1. The first kappa shape index (κ1) is 26.7. The van der Waals surface area contributed by atoms with Gasteiger partial charge in [-0.3, -0.25) is 29.8 Å². The van der Waals surface area contributed by atoms with Crippen molar-refractivity contribution in [2.45, 2.75) is 38.7 Å². The molecular weight excluding hydrogens is 510 g/mol. The standard InChI is InChI=1S/C30H29N5O5/c1-30(2,3)40-29(37)34-16-15-31-25(34)17-19-9-11-21(12-10-19)32-27(20-7-5-4-6-8-20)26-23-18-22(35(38)39)13-14-24(23)33-28(26)36/h4-14,18,26H,15-17H2,1-3H3,(H,33,36). The molecular formula is C30H29N5O5. The molecule has 0 fully saturated rings. The predicted octanol–water partition coefficient (Wildman–Crippen LogP) is 5.64. The zero-order chi connectivity index (χ0) is 28.4. The average molecular weight is 540 g/mol. The summed E-state index contributed by atoms with van der Waals surface area (Å²) >= 11 is 0. The number of benzene rings is 3.